The summed E-state index contributed by atoms with van der Waals surface area (Å²) in [5, 5.41) is 10.3. The molecule has 28 heavy (non-hydrogen) atoms. The number of nitrogens with one attached hydrogen (secondary N) is 2. The molecule has 0 saturated heterocycles. The number of carbonyl (C=O) groups is 2. The van der Waals surface area contributed by atoms with Gasteiger partial charge >= 0.3 is 0 Å². The molecule has 2 aromatic rings. The molecule has 4 rings (SSSR count). The van der Waals surface area contributed by atoms with Crippen molar-refractivity contribution in [2.75, 3.05) is 19.8 Å². The van der Waals surface area contributed by atoms with Crippen molar-refractivity contribution in [1.29, 1.82) is 0 Å². The second-order valence-corrected chi connectivity index (χ2v) is 7.00. The fraction of sp³-hybridized carbons (Fsp3) is 0.450. The molecular formula is C20H24N4O4. The van der Waals surface area contributed by atoms with E-state index in [1.807, 2.05) is 22.9 Å². The van der Waals surface area contributed by atoms with Crippen LogP contribution in [0.3, 0.4) is 0 Å². The molecule has 1 saturated carbocycles. The van der Waals surface area contributed by atoms with Gasteiger partial charge in [-0.05, 0) is 25.0 Å². The number of hydrogen-bond acceptors (Lipinski definition) is 5. The quantitative estimate of drug-likeness (QED) is 0.709. The molecule has 1 fully saturated rings. The van der Waals surface area contributed by atoms with Crippen molar-refractivity contribution in [3.05, 3.63) is 47.3 Å². The molecule has 1 aliphatic heterocycles. The monoisotopic (exact) mass is 384 g/mol. The lowest BCUT2D eigenvalue weighted by Gasteiger charge is -2.15. The second kappa shape index (κ2) is 8.43. The number of fused-ring (bicyclic) bond motifs is 1. The highest BCUT2D eigenvalue weighted by molar-refractivity contribution is 5.94. The zero-order chi connectivity index (χ0) is 19.3. The molecule has 8 nitrogen and oxygen atoms in total. The Balaban J connectivity index is 1.32. The average Bonchev–Trinajstić information content (AvgIpc) is 3.46. The average molecular weight is 384 g/mol. The van der Waals surface area contributed by atoms with E-state index in [4.69, 9.17) is 9.47 Å². The lowest BCUT2D eigenvalue weighted by Crippen LogP contribution is -2.32. The van der Waals surface area contributed by atoms with Gasteiger partial charge in [-0.25, -0.2) is 0 Å². The summed E-state index contributed by atoms with van der Waals surface area (Å²) in [6.07, 6.45) is 2.77. The van der Waals surface area contributed by atoms with E-state index in [1.54, 1.807) is 12.1 Å². The molecule has 2 amide bonds. The van der Waals surface area contributed by atoms with Gasteiger partial charge in [0.05, 0.1) is 19.8 Å². The van der Waals surface area contributed by atoms with Crippen LogP contribution < -0.4 is 15.4 Å². The normalized spacial score (nSPS) is 15.6. The molecule has 0 bridgehead atoms. The van der Waals surface area contributed by atoms with Crippen molar-refractivity contribution in [2.24, 2.45) is 0 Å². The minimum atomic E-state index is -0.195. The Kier molecular flexibility index (Phi) is 5.57. The van der Waals surface area contributed by atoms with E-state index in [0.717, 1.165) is 24.1 Å². The van der Waals surface area contributed by atoms with Crippen LogP contribution in [0.1, 0.15) is 34.6 Å². The van der Waals surface area contributed by atoms with Crippen LogP contribution in [0.25, 0.3) is 0 Å². The highest BCUT2D eigenvalue weighted by atomic mass is 16.5. The third-order valence-electron chi connectivity index (χ3n) is 4.78. The number of hydrogen-bond donors (Lipinski definition) is 2. The fourth-order valence-electron chi connectivity index (χ4n) is 3.18. The summed E-state index contributed by atoms with van der Waals surface area (Å²) in [4.78, 5) is 24.4. The largest absolute Gasteiger partial charge is 0.484 e. The third kappa shape index (κ3) is 4.51. The van der Waals surface area contributed by atoms with Gasteiger partial charge in [-0.1, -0.05) is 18.2 Å². The van der Waals surface area contributed by atoms with Crippen LogP contribution in [-0.2, 0) is 29.1 Å². The molecule has 0 unspecified atom stereocenters. The van der Waals surface area contributed by atoms with Gasteiger partial charge in [0.25, 0.3) is 11.8 Å². The highest BCUT2D eigenvalue weighted by Crippen LogP contribution is 2.23. The summed E-state index contributed by atoms with van der Waals surface area (Å²) < 4.78 is 12.8. The van der Waals surface area contributed by atoms with Crippen LogP contribution in [0.2, 0.25) is 0 Å². The summed E-state index contributed by atoms with van der Waals surface area (Å²) in [5.74, 6) is 0.327. The van der Waals surface area contributed by atoms with Crippen LogP contribution >= 0.6 is 0 Å². The van der Waals surface area contributed by atoms with E-state index >= 15 is 0 Å². The number of rotatable bonds is 8. The molecule has 1 aromatic heterocycles. The van der Waals surface area contributed by atoms with Crippen LogP contribution in [0.5, 0.6) is 5.75 Å². The first-order chi connectivity index (χ1) is 13.7. The Bertz CT molecular complexity index is 845. The van der Waals surface area contributed by atoms with Crippen LogP contribution in [0, 0.1) is 0 Å². The standard InChI is InChI=1S/C20H24N4O4/c25-18(13-28-15-4-2-1-3-5-15)21-9-10-24-17-8-11-27-12-16(17)19(23-24)20(26)22-14-6-7-14/h1-5,14H,6-13H2,(H,21,25)(H,22,26). The predicted octanol–water partition coefficient (Wildman–Crippen LogP) is 1.04. The maximum atomic E-state index is 12.5. The number of benzene rings is 1. The Morgan fingerprint density at radius 3 is 2.86 bits per heavy atom. The number of carbonyl (C=O) groups excluding carboxylic acids is 2. The van der Waals surface area contributed by atoms with Gasteiger partial charge in [-0.15, -0.1) is 0 Å². The van der Waals surface area contributed by atoms with Crippen molar-refractivity contribution < 1.29 is 19.1 Å². The highest BCUT2D eigenvalue weighted by Gasteiger charge is 2.29. The summed E-state index contributed by atoms with van der Waals surface area (Å²) in [5.41, 5.74) is 2.32. The van der Waals surface area contributed by atoms with Gasteiger partial charge in [-0.2, -0.15) is 5.10 Å². The van der Waals surface area contributed by atoms with Crippen molar-refractivity contribution >= 4 is 11.8 Å². The van der Waals surface area contributed by atoms with E-state index in [9.17, 15) is 9.59 Å². The van der Waals surface area contributed by atoms with Gasteiger partial charge in [0.2, 0.25) is 0 Å². The minimum absolute atomic E-state index is 0.0376. The Hall–Kier alpha value is -2.87. The van der Waals surface area contributed by atoms with E-state index in [1.165, 1.54) is 0 Å². The molecule has 0 radical (unpaired) electrons. The first-order valence-electron chi connectivity index (χ1n) is 9.62. The van der Waals surface area contributed by atoms with Crippen LogP contribution in [0.4, 0.5) is 0 Å². The van der Waals surface area contributed by atoms with E-state index in [2.05, 4.69) is 15.7 Å². The number of aromatic nitrogens is 2. The van der Waals surface area contributed by atoms with E-state index in [0.29, 0.717) is 44.2 Å². The first kappa shape index (κ1) is 18.5. The molecule has 0 spiro atoms. The van der Waals surface area contributed by atoms with Gasteiger partial charge in [0.1, 0.15) is 5.75 Å². The lowest BCUT2D eigenvalue weighted by atomic mass is 10.1. The molecule has 2 heterocycles. The number of ether oxygens (including phenoxy) is 2. The SMILES string of the molecule is O=C(COc1ccccc1)NCCn1nc(C(=O)NC2CC2)c2c1CCOC2. The number of nitrogens with zero attached hydrogens (tertiary/aromatic N) is 2. The lowest BCUT2D eigenvalue weighted by molar-refractivity contribution is -0.123. The number of para-hydroxylation sites is 1. The topological polar surface area (TPSA) is 94.5 Å². The molecule has 148 valence electrons. The molecule has 1 aliphatic carbocycles. The summed E-state index contributed by atoms with van der Waals surface area (Å²) in [6.45, 7) is 1.88. The van der Waals surface area contributed by atoms with Crippen molar-refractivity contribution in [3.63, 3.8) is 0 Å². The Morgan fingerprint density at radius 1 is 1.25 bits per heavy atom. The molecule has 1 aromatic carbocycles. The third-order valence-corrected chi connectivity index (χ3v) is 4.78. The molecular weight excluding hydrogens is 360 g/mol. The fourth-order valence-corrected chi connectivity index (χ4v) is 3.18. The number of amides is 2. The van der Waals surface area contributed by atoms with Gasteiger partial charge < -0.3 is 20.1 Å². The molecule has 2 aliphatic rings. The van der Waals surface area contributed by atoms with Gasteiger partial charge in [0, 0.05) is 30.3 Å². The second-order valence-electron chi connectivity index (χ2n) is 7.00. The Morgan fingerprint density at radius 2 is 2.07 bits per heavy atom. The summed E-state index contributed by atoms with van der Waals surface area (Å²) in [7, 11) is 0. The molecule has 0 atom stereocenters. The maximum Gasteiger partial charge on any atom is 0.272 e. The first-order valence-corrected chi connectivity index (χ1v) is 9.62. The summed E-state index contributed by atoms with van der Waals surface area (Å²) >= 11 is 0. The Labute approximate surface area is 163 Å². The van der Waals surface area contributed by atoms with E-state index in [-0.39, 0.29) is 24.5 Å². The van der Waals surface area contributed by atoms with Crippen LogP contribution in [-0.4, -0.2) is 47.4 Å². The van der Waals surface area contributed by atoms with Crippen molar-refractivity contribution in [2.45, 2.75) is 38.5 Å². The van der Waals surface area contributed by atoms with Crippen molar-refractivity contribution in [3.8, 4) is 5.75 Å². The zero-order valence-electron chi connectivity index (χ0n) is 15.6. The summed E-state index contributed by atoms with van der Waals surface area (Å²) in [6, 6.07) is 9.49. The maximum absolute atomic E-state index is 12.5. The van der Waals surface area contributed by atoms with Gasteiger partial charge in [-0.3, -0.25) is 14.3 Å². The molecule has 2 N–H and O–H groups in total. The van der Waals surface area contributed by atoms with E-state index < -0.39 is 0 Å². The predicted molar refractivity (Wildman–Crippen MR) is 101 cm³/mol. The van der Waals surface area contributed by atoms with Crippen LogP contribution in [0.15, 0.2) is 30.3 Å². The van der Waals surface area contributed by atoms with Crippen molar-refractivity contribution in [1.82, 2.24) is 20.4 Å². The smallest absolute Gasteiger partial charge is 0.272 e. The molecule has 8 heteroatoms. The van der Waals surface area contributed by atoms with Gasteiger partial charge in [0.15, 0.2) is 12.3 Å². The minimum Gasteiger partial charge on any atom is -0.484 e. The zero-order valence-corrected chi connectivity index (χ0v) is 15.6.